The SMILES string of the molecule is O=C(CNCc1ccncc1)NCc1ccc(F)cc1. The van der Waals surface area contributed by atoms with E-state index in [1.807, 2.05) is 12.1 Å². The minimum absolute atomic E-state index is 0.0941. The van der Waals surface area contributed by atoms with E-state index in [9.17, 15) is 9.18 Å². The van der Waals surface area contributed by atoms with E-state index in [2.05, 4.69) is 15.6 Å². The number of carbonyl (C=O) groups is 1. The second kappa shape index (κ2) is 7.35. The summed E-state index contributed by atoms with van der Waals surface area (Å²) in [5.74, 6) is -0.373. The van der Waals surface area contributed by atoms with Crippen LogP contribution < -0.4 is 10.6 Å². The lowest BCUT2D eigenvalue weighted by atomic mass is 10.2. The maximum atomic E-state index is 12.7. The van der Waals surface area contributed by atoms with Gasteiger partial charge in [0, 0.05) is 25.5 Å². The molecular weight excluding hydrogens is 257 g/mol. The monoisotopic (exact) mass is 273 g/mol. The number of halogens is 1. The van der Waals surface area contributed by atoms with E-state index >= 15 is 0 Å². The molecule has 0 atom stereocenters. The molecule has 20 heavy (non-hydrogen) atoms. The van der Waals surface area contributed by atoms with Gasteiger partial charge in [-0.2, -0.15) is 0 Å². The largest absolute Gasteiger partial charge is 0.351 e. The molecule has 0 aliphatic carbocycles. The fraction of sp³-hybridized carbons (Fsp3) is 0.200. The molecule has 0 bridgehead atoms. The molecule has 0 saturated carbocycles. The summed E-state index contributed by atoms with van der Waals surface area (Å²) in [6.07, 6.45) is 3.43. The van der Waals surface area contributed by atoms with Gasteiger partial charge in [0.15, 0.2) is 0 Å². The number of pyridine rings is 1. The van der Waals surface area contributed by atoms with Crippen molar-refractivity contribution in [3.63, 3.8) is 0 Å². The Hall–Kier alpha value is -2.27. The molecule has 2 N–H and O–H groups in total. The molecule has 5 heteroatoms. The molecule has 0 fully saturated rings. The van der Waals surface area contributed by atoms with Crippen LogP contribution >= 0.6 is 0 Å². The third-order valence-electron chi connectivity index (χ3n) is 2.77. The molecule has 0 radical (unpaired) electrons. The summed E-state index contributed by atoms with van der Waals surface area (Å²) in [5, 5.41) is 5.82. The molecule has 1 amide bonds. The number of amides is 1. The molecule has 0 spiro atoms. The summed E-state index contributed by atoms with van der Waals surface area (Å²) < 4.78 is 12.7. The standard InChI is InChI=1S/C15H16FN3O/c16-14-3-1-12(2-4-14)10-19-15(20)11-18-9-13-5-7-17-8-6-13/h1-8,18H,9-11H2,(H,19,20). The Bertz CT molecular complexity index is 543. The van der Waals surface area contributed by atoms with Gasteiger partial charge in [0.2, 0.25) is 5.91 Å². The van der Waals surface area contributed by atoms with E-state index in [1.54, 1.807) is 24.5 Å². The van der Waals surface area contributed by atoms with Crippen molar-refractivity contribution in [3.05, 3.63) is 65.7 Å². The second-order valence-electron chi connectivity index (χ2n) is 4.36. The Morgan fingerprint density at radius 1 is 1.00 bits per heavy atom. The van der Waals surface area contributed by atoms with Gasteiger partial charge in [0.1, 0.15) is 5.82 Å². The van der Waals surface area contributed by atoms with E-state index in [0.29, 0.717) is 13.1 Å². The van der Waals surface area contributed by atoms with E-state index in [-0.39, 0.29) is 18.3 Å². The molecule has 2 aromatic rings. The van der Waals surface area contributed by atoms with Crippen LogP contribution in [0.3, 0.4) is 0 Å². The molecule has 104 valence electrons. The molecule has 1 aromatic carbocycles. The second-order valence-corrected chi connectivity index (χ2v) is 4.36. The highest BCUT2D eigenvalue weighted by atomic mass is 19.1. The first-order chi connectivity index (χ1) is 9.74. The number of carbonyl (C=O) groups excluding carboxylic acids is 1. The lowest BCUT2D eigenvalue weighted by Crippen LogP contribution is -2.33. The summed E-state index contributed by atoms with van der Waals surface area (Å²) in [4.78, 5) is 15.5. The lowest BCUT2D eigenvalue weighted by Gasteiger charge is -2.07. The zero-order chi connectivity index (χ0) is 14.2. The molecule has 1 aromatic heterocycles. The van der Waals surface area contributed by atoms with Gasteiger partial charge in [-0.25, -0.2) is 4.39 Å². The van der Waals surface area contributed by atoms with Crippen LogP contribution in [0.25, 0.3) is 0 Å². The molecule has 0 aliphatic rings. The van der Waals surface area contributed by atoms with Crippen LogP contribution in [0.4, 0.5) is 4.39 Å². The molecule has 0 aliphatic heterocycles. The maximum absolute atomic E-state index is 12.7. The van der Waals surface area contributed by atoms with Gasteiger partial charge in [-0.3, -0.25) is 9.78 Å². The van der Waals surface area contributed by atoms with Crippen LogP contribution in [0.15, 0.2) is 48.8 Å². The van der Waals surface area contributed by atoms with Crippen molar-refractivity contribution in [3.8, 4) is 0 Å². The van der Waals surface area contributed by atoms with E-state index in [0.717, 1.165) is 11.1 Å². The number of nitrogens with one attached hydrogen (secondary N) is 2. The van der Waals surface area contributed by atoms with Gasteiger partial charge in [-0.15, -0.1) is 0 Å². The van der Waals surface area contributed by atoms with Gasteiger partial charge in [0.25, 0.3) is 0 Å². The molecule has 1 heterocycles. The average molecular weight is 273 g/mol. The van der Waals surface area contributed by atoms with E-state index < -0.39 is 0 Å². The van der Waals surface area contributed by atoms with Gasteiger partial charge < -0.3 is 10.6 Å². The third kappa shape index (κ3) is 4.78. The van der Waals surface area contributed by atoms with E-state index in [4.69, 9.17) is 0 Å². The maximum Gasteiger partial charge on any atom is 0.234 e. The highest BCUT2D eigenvalue weighted by molar-refractivity contribution is 5.77. The number of rotatable bonds is 6. The van der Waals surface area contributed by atoms with Crippen LogP contribution in [0.5, 0.6) is 0 Å². The van der Waals surface area contributed by atoms with Gasteiger partial charge in [-0.05, 0) is 35.4 Å². The van der Waals surface area contributed by atoms with Crippen molar-refractivity contribution in [2.75, 3.05) is 6.54 Å². The van der Waals surface area contributed by atoms with Crippen molar-refractivity contribution in [2.45, 2.75) is 13.1 Å². The Labute approximate surface area is 117 Å². The topological polar surface area (TPSA) is 54.0 Å². The number of nitrogens with zero attached hydrogens (tertiary/aromatic N) is 1. The van der Waals surface area contributed by atoms with Gasteiger partial charge in [-0.1, -0.05) is 12.1 Å². The highest BCUT2D eigenvalue weighted by Gasteiger charge is 2.01. The van der Waals surface area contributed by atoms with Crippen LogP contribution in [-0.4, -0.2) is 17.4 Å². The van der Waals surface area contributed by atoms with Crippen LogP contribution in [0, 0.1) is 5.82 Å². The quantitative estimate of drug-likeness (QED) is 0.841. The Morgan fingerprint density at radius 2 is 1.65 bits per heavy atom. The van der Waals surface area contributed by atoms with Crippen molar-refractivity contribution in [2.24, 2.45) is 0 Å². The van der Waals surface area contributed by atoms with Crippen molar-refractivity contribution in [1.82, 2.24) is 15.6 Å². The molecule has 0 unspecified atom stereocenters. The Kier molecular flexibility index (Phi) is 5.20. The summed E-state index contributed by atoms with van der Waals surface area (Å²) >= 11 is 0. The Balaban J connectivity index is 1.67. The average Bonchev–Trinajstić information content (AvgIpc) is 2.48. The third-order valence-corrected chi connectivity index (χ3v) is 2.77. The minimum atomic E-state index is -0.279. The van der Waals surface area contributed by atoms with Crippen molar-refractivity contribution >= 4 is 5.91 Å². The molecule has 2 rings (SSSR count). The molecule has 0 saturated heterocycles. The zero-order valence-electron chi connectivity index (χ0n) is 11.0. The van der Waals surface area contributed by atoms with Crippen molar-refractivity contribution < 1.29 is 9.18 Å². The molecular formula is C15H16FN3O. The highest BCUT2D eigenvalue weighted by Crippen LogP contribution is 2.01. The van der Waals surface area contributed by atoms with Gasteiger partial charge in [0.05, 0.1) is 6.54 Å². The smallest absolute Gasteiger partial charge is 0.234 e. The summed E-state index contributed by atoms with van der Waals surface area (Å²) in [5.41, 5.74) is 1.94. The van der Waals surface area contributed by atoms with Crippen LogP contribution in [0.2, 0.25) is 0 Å². The fourth-order valence-corrected chi connectivity index (χ4v) is 1.69. The lowest BCUT2D eigenvalue weighted by molar-refractivity contribution is -0.120. The number of hydrogen-bond acceptors (Lipinski definition) is 3. The summed E-state index contributed by atoms with van der Waals surface area (Å²) in [6.45, 7) is 1.26. The van der Waals surface area contributed by atoms with Crippen molar-refractivity contribution in [1.29, 1.82) is 0 Å². The number of aromatic nitrogens is 1. The van der Waals surface area contributed by atoms with E-state index in [1.165, 1.54) is 12.1 Å². The predicted octanol–water partition coefficient (Wildman–Crippen LogP) is 1.63. The predicted molar refractivity (Wildman–Crippen MR) is 74.2 cm³/mol. The summed E-state index contributed by atoms with van der Waals surface area (Å²) in [7, 11) is 0. The zero-order valence-corrected chi connectivity index (χ0v) is 11.0. The first-order valence-electron chi connectivity index (χ1n) is 6.35. The first kappa shape index (κ1) is 14.1. The fourth-order valence-electron chi connectivity index (χ4n) is 1.69. The van der Waals surface area contributed by atoms with Crippen LogP contribution in [0.1, 0.15) is 11.1 Å². The number of hydrogen-bond donors (Lipinski definition) is 2. The molecule has 4 nitrogen and oxygen atoms in total. The summed E-state index contributed by atoms with van der Waals surface area (Å²) in [6, 6.07) is 9.85. The Morgan fingerprint density at radius 3 is 2.35 bits per heavy atom. The first-order valence-corrected chi connectivity index (χ1v) is 6.35. The number of benzene rings is 1. The van der Waals surface area contributed by atoms with Crippen LogP contribution in [-0.2, 0) is 17.9 Å². The minimum Gasteiger partial charge on any atom is -0.351 e. The normalized spacial score (nSPS) is 10.2. The van der Waals surface area contributed by atoms with Gasteiger partial charge >= 0.3 is 0 Å².